The van der Waals surface area contributed by atoms with Crippen LogP contribution in [0.1, 0.15) is 55.0 Å². The van der Waals surface area contributed by atoms with Crippen molar-refractivity contribution in [3.63, 3.8) is 0 Å². The molecule has 1 aromatic heterocycles. The van der Waals surface area contributed by atoms with E-state index in [0.717, 1.165) is 51.9 Å². The first-order chi connectivity index (χ1) is 14.4. The predicted molar refractivity (Wildman–Crippen MR) is 124 cm³/mol. The summed E-state index contributed by atoms with van der Waals surface area (Å²) in [5.41, 5.74) is 6.08. The average molecular weight is 408 g/mol. The Labute approximate surface area is 179 Å². The summed E-state index contributed by atoms with van der Waals surface area (Å²) in [5, 5.41) is 30.2. The van der Waals surface area contributed by atoms with Crippen LogP contribution in [-0.4, -0.2) is 33.0 Å². The molecule has 30 heavy (non-hydrogen) atoms. The Balaban J connectivity index is 2.31. The van der Waals surface area contributed by atoms with E-state index in [1.807, 2.05) is 44.2 Å². The summed E-state index contributed by atoms with van der Waals surface area (Å²) in [5.74, 6) is 0.315. The van der Waals surface area contributed by atoms with E-state index in [1.54, 1.807) is 12.3 Å². The molecule has 0 aliphatic heterocycles. The number of aromatic nitrogens is 1. The van der Waals surface area contributed by atoms with Crippen LogP contribution in [0.5, 0.6) is 5.75 Å². The number of phenolic OH excluding ortho intramolecular Hbond substituents is 1. The van der Waals surface area contributed by atoms with Gasteiger partial charge in [-0.2, -0.15) is 0 Å². The minimum atomic E-state index is -0.702. The number of aliphatic hydroxyl groups excluding tert-OH is 2. The molecule has 0 saturated heterocycles. The van der Waals surface area contributed by atoms with E-state index in [4.69, 9.17) is 0 Å². The molecule has 4 heteroatoms. The standard InChI is InChI=1S/C26H33NO3/c1-5-8-18(2)23(12-14-28)25(29)11-10-22(24-9-6-7-13-27-24)17-21-15-19(3)26(30)20(4)16-21/h6-7,9,12-13,15-17,25,28-30H,2,5,8,10-11,14H2,1,3-4H3/b22-17-,23-12-. The van der Waals surface area contributed by atoms with Crippen molar-refractivity contribution in [2.75, 3.05) is 6.61 Å². The fraction of sp³-hybridized carbons (Fsp3) is 0.346. The van der Waals surface area contributed by atoms with Gasteiger partial charge in [-0.25, -0.2) is 0 Å². The van der Waals surface area contributed by atoms with Gasteiger partial charge in [-0.15, -0.1) is 0 Å². The molecule has 1 aromatic carbocycles. The number of aromatic hydroxyl groups is 1. The maximum absolute atomic E-state index is 10.8. The monoisotopic (exact) mass is 407 g/mol. The van der Waals surface area contributed by atoms with Gasteiger partial charge in [0.1, 0.15) is 5.75 Å². The van der Waals surface area contributed by atoms with E-state index < -0.39 is 6.10 Å². The Kier molecular flexibility index (Phi) is 9.03. The third-order valence-electron chi connectivity index (χ3n) is 5.17. The van der Waals surface area contributed by atoms with Crippen LogP contribution < -0.4 is 0 Å². The van der Waals surface area contributed by atoms with E-state index in [-0.39, 0.29) is 6.61 Å². The molecule has 1 heterocycles. The molecule has 3 N–H and O–H groups in total. The number of rotatable bonds is 10. The molecular formula is C26H33NO3. The topological polar surface area (TPSA) is 73.6 Å². The highest BCUT2D eigenvalue weighted by atomic mass is 16.3. The van der Waals surface area contributed by atoms with Crippen LogP contribution in [0.25, 0.3) is 11.6 Å². The highest BCUT2D eigenvalue weighted by Crippen LogP contribution is 2.29. The summed E-state index contributed by atoms with van der Waals surface area (Å²) in [7, 11) is 0. The Morgan fingerprint density at radius 3 is 2.43 bits per heavy atom. The lowest BCUT2D eigenvalue weighted by molar-refractivity contribution is 0.202. The number of phenols is 1. The van der Waals surface area contributed by atoms with Crippen molar-refractivity contribution in [3.8, 4) is 5.75 Å². The van der Waals surface area contributed by atoms with Gasteiger partial charge in [-0.3, -0.25) is 4.98 Å². The number of aryl methyl sites for hydroxylation is 2. The van der Waals surface area contributed by atoms with Crippen LogP contribution in [0, 0.1) is 13.8 Å². The van der Waals surface area contributed by atoms with Gasteiger partial charge in [0, 0.05) is 6.20 Å². The van der Waals surface area contributed by atoms with Gasteiger partial charge < -0.3 is 15.3 Å². The molecule has 0 saturated carbocycles. The van der Waals surface area contributed by atoms with Crippen molar-refractivity contribution in [2.24, 2.45) is 0 Å². The summed E-state index contributed by atoms with van der Waals surface area (Å²) < 4.78 is 0. The number of aliphatic hydroxyl groups is 2. The highest BCUT2D eigenvalue weighted by Gasteiger charge is 2.15. The first kappa shape index (κ1) is 23.6. The molecule has 1 atom stereocenters. The summed E-state index contributed by atoms with van der Waals surface area (Å²) >= 11 is 0. The normalized spacial score (nSPS) is 13.4. The summed E-state index contributed by atoms with van der Waals surface area (Å²) in [4.78, 5) is 4.49. The SMILES string of the molecule is C=C(CCC)/C(=C/CO)C(O)CC/C(=C/c1cc(C)c(O)c(C)c1)c1ccccn1. The zero-order valence-electron chi connectivity index (χ0n) is 18.2. The number of nitrogens with zero attached hydrogens (tertiary/aromatic N) is 1. The molecule has 0 amide bonds. The first-order valence-electron chi connectivity index (χ1n) is 10.5. The van der Waals surface area contributed by atoms with Crippen LogP contribution in [0.4, 0.5) is 0 Å². The Bertz CT molecular complexity index is 890. The summed E-state index contributed by atoms with van der Waals surface area (Å²) in [6, 6.07) is 9.67. The van der Waals surface area contributed by atoms with Crippen molar-refractivity contribution >= 4 is 11.6 Å². The smallest absolute Gasteiger partial charge is 0.121 e. The van der Waals surface area contributed by atoms with E-state index in [9.17, 15) is 15.3 Å². The molecule has 160 valence electrons. The van der Waals surface area contributed by atoms with E-state index in [0.29, 0.717) is 18.6 Å². The van der Waals surface area contributed by atoms with Crippen LogP contribution in [0.2, 0.25) is 0 Å². The molecule has 0 aliphatic rings. The van der Waals surface area contributed by atoms with Gasteiger partial charge in [0.15, 0.2) is 0 Å². The van der Waals surface area contributed by atoms with Crippen LogP contribution >= 0.6 is 0 Å². The second-order valence-electron chi connectivity index (χ2n) is 7.64. The second kappa shape index (κ2) is 11.5. The predicted octanol–water partition coefficient (Wildman–Crippen LogP) is 5.36. The molecule has 1 unspecified atom stereocenters. The lowest BCUT2D eigenvalue weighted by Gasteiger charge is -2.18. The summed E-state index contributed by atoms with van der Waals surface area (Å²) in [6.07, 6.45) is 7.60. The first-order valence-corrected chi connectivity index (χ1v) is 10.5. The quantitative estimate of drug-likeness (QED) is 0.464. The highest BCUT2D eigenvalue weighted by molar-refractivity contribution is 5.80. The maximum atomic E-state index is 10.8. The third kappa shape index (κ3) is 6.41. The zero-order chi connectivity index (χ0) is 22.1. The molecule has 2 aromatic rings. The number of allylic oxidation sites excluding steroid dienone is 1. The minimum Gasteiger partial charge on any atom is -0.507 e. The molecule has 0 radical (unpaired) electrons. The van der Waals surface area contributed by atoms with Gasteiger partial charge >= 0.3 is 0 Å². The second-order valence-corrected chi connectivity index (χ2v) is 7.64. The van der Waals surface area contributed by atoms with Crippen LogP contribution in [0.15, 0.2) is 60.3 Å². The minimum absolute atomic E-state index is 0.121. The van der Waals surface area contributed by atoms with E-state index in [1.165, 1.54) is 0 Å². The molecule has 4 nitrogen and oxygen atoms in total. The average Bonchev–Trinajstić information content (AvgIpc) is 2.73. The van der Waals surface area contributed by atoms with Gasteiger partial charge in [0.05, 0.1) is 18.4 Å². The molecule has 0 spiro atoms. The van der Waals surface area contributed by atoms with Gasteiger partial charge in [-0.05, 0) is 96.9 Å². The summed E-state index contributed by atoms with van der Waals surface area (Å²) in [6.45, 7) is 9.79. The molecule has 0 fully saturated rings. The van der Waals surface area contributed by atoms with E-state index >= 15 is 0 Å². The Morgan fingerprint density at radius 2 is 1.87 bits per heavy atom. The maximum Gasteiger partial charge on any atom is 0.121 e. The third-order valence-corrected chi connectivity index (χ3v) is 5.17. The van der Waals surface area contributed by atoms with E-state index in [2.05, 4.69) is 24.6 Å². The van der Waals surface area contributed by atoms with Crippen molar-refractivity contribution < 1.29 is 15.3 Å². The fourth-order valence-electron chi connectivity index (χ4n) is 3.61. The molecule has 2 rings (SSSR count). The number of hydrogen-bond donors (Lipinski definition) is 3. The van der Waals surface area contributed by atoms with Crippen LogP contribution in [-0.2, 0) is 0 Å². The van der Waals surface area contributed by atoms with Crippen molar-refractivity contribution in [3.05, 3.63) is 82.7 Å². The van der Waals surface area contributed by atoms with Gasteiger partial charge in [0.2, 0.25) is 0 Å². The Hall–Kier alpha value is -2.69. The number of benzene rings is 1. The fourth-order valence-corrected chi connectivity index (χ4v) is 3.61. The Morgan fingerprint density at radius 1 is 1.17 bits per heavy atom. The number of pyridine rings is 1. The largest absolute Gasteiger partial charge is 0.507 e. The van der Waals surface area contributed by atoms with Crippen LogP contribution in [0.3, 0.4) is 0 Å². The van der Waals surface area contributed by atoms with Gasteiger partial charge in [0.25, 0.3) is 0 Å². The number of hydrogen-bond acceptors (Lipinski definition) is 4. The lowest BCUT2D eigenvalue weighted by atomic mass is 9.92. The van der Waals surface area contributed by atoms with Crippen molar-refractivity contribution in [1.29, 1.82) is 0 Å². The molecular weight excluding hydrogens is 374 g/mol. The van der Waals surface area contributed by atoms with Crippen molar-refractivity contribution in [2.45, 2.75) is 52.6 Å². The zero-order valence-corrected chi connectivity index (χ0v) is 18.2. The van der Waals surface area contributed by atoms with Crippen molar-refractivity contribution in [1.82, 2.24) is 4.98 Å². The van der Waals surface area contributed by atoms with Gasteiger partial charge in [-0.1, -0.05) is 32.1 Å². The molecule has 0 aliphatic carbocycles. The lowest BCUT2D eigenvalue weighted by Crippen LogP contribution is -2.13. The molecule has 0 bridgehead atoms.